The van der Waals surface area contributed by atoms with Crippen molar-refractivity contribution in [1.82, 2.24) is 15.6 Å². The Balaban J connectivity index is 2.18. The summed E-state index contributed by atoms with van der Waals surface area (Å²) in [5, 5.41) is 16.2. The van der Waals surface area contributed by atoms with E-state index in [4.69, 9.17) is 5.11 Å². The van der Waals surface area contributed by atoms with Gasteiger partial charge in [-0.25, -0.2) is 9.78 Å². The van der Waals surface area contributed by atoms with E-state index in [0.717, 1.165) is 5.01 Å². The third kappa shape index (κ3) is 4.26. The topological polar surface area (TPSA) is 91.3 Å². The van der Waals surface area contributed by atoms with Crippen LogP contribution in [0.5, 0.6) is 0 Å². The van der Waals surface area contributed by atoms with Gasteiger partial charge in [0.1, 0.15) is 6.04 Å². The Kier molecular flexibility index (Phi) is 4.71. The van der Waals surface area contributed by atoms with Crippen LogP contribution >= 0.6 is 11.3 Å². The van der Waals surface area contributed by atoms with Gasteiger partial charge in [0, 0.05) is 24.5 Å². The molecule has 0 aliphatic rings. The summed E-state index contributed by atoms with van der Waals surface area (Å²) in [4.78, 5) is 25.7. The van der Waals surface area contributed by atoms with E-state index in [0.29, 0.717) is 13.0 Å². The second-order valence-electron chi connectivity index (χ2n) is 3.14. The highest BCUT2D eigenvalue weighted by molar-refractivity contribution is 7.09. The van der Waals surface area contributed by atoms with Crippen LogP contribution in [-0.4, -0.2) is 34.7 Å². The first-order valence-corrected chi connectivity index (χ1v) is 5.63. The molecule has 88 valence electrons. The van der Waals surface area contributed by atoms with Crippen LogP contribution in [0.15, 0.2) is 11.6 Å². The molecule has 1 heterocycles. The standard InChI is InChI=1S/C9H13N3O3S/c1-6(8(13)14)12-9(15)11-3-2-7-10-4-5-16-7/h4-6H,2-3H2,1H3,(H,13,14)(H2,11,12,15)/t6-/m1/s1. The zero-order chi connectivity index (χ0) is 12.0. The number of nitrogens with one attached hydrogen (secondary N) is 2. The second kappa shape index (κ2) is 6.06. The van der Waals surface area contributed by atoms with Crippen LogP contribution in [0.3, 0.4) is 0 Å². The highest BCUT2D eigenvalue weighted by Gasteiger charge is 2.12. The SMILES string of the molecule is C[C@@H](NC(=O)NCCc1nccs1)C(=O)O. The number of rotatable bonds is 5. The summed E-state index contributed by atoms with van der Waals surface area (Å²) in [6.07, 6.45) is 2.35. The summed E-state index contributed by atoms with van der Waals surface area (Å²) in [6, 6.07) is -1.37. The van der Waals surface area contributed by atoms with E-state index < -0.39 is 18.0 Å². The van der Waals surface area contributed by atoms with Gasteiger partial charge in [-0.15, -0.1) is 11.3 Å². The number of nitrogens with zero attached hydrogens (tertiary/aromatic N) is 1. The predicted molar refractivity (Wildman–Crippen MR) is 59.5 cm³/mol. The van der Waals surface area contributed by atoms with Gasteiger partial charge in [-0.3, -0.25) is 4.79 Å². The van der Waals surface area contributed by atoms with Gasteiger partial charge in [-0.1, -0.05) is 0 Å². The highest BCUT2D eigenvalue weighted by atomic mass is 32.1. The van der Waals surface area contributed by atoms with Gasteiger partial charge in [-0.05, 0) is 6.92 Å². The molecule has 1 aromatic heterocycles. The molecule has 2 amide bonds. The molecule has 0 spiro atoms. The fourth-order valence-electron chi connectivity index (χ4n) is 0.969. The maximum Gasteiger partial charge on any atom is 0.325 e. The fraction of sp³-hybridized carbons (Fsp3) is 0.444. The number of aliphatic carboxylic acids is 1. The van der Waals surface area contributed by atoms with Crippen molar-refractivity contribution in [2.75, 3.05) is 6.54 Å². The van der Waals surface area contributed by atoms with Gasteiger partial charge in [0.05, 0.1) is 5.01 Å². The minimum Gasteiger partial charge on any atom is -0.480 e. The molecule has 0 aliphatic heterocycles. The zero-order valence-corrected chi connectivity index (χ0v) is 9.58. The van der Waals surface area contributed by atoms with Crippen molar-refractivity contribution < 1.29 is 14.7 Å². The third-order valence-electron chi connectivity index (χ3n) is 1.83. The molecule has 16 heavy (non-hydrogen) atoms. The van der Waals surface area contributed by atoms with Crippen LogP contribution in [0.4, 0.5) is 4.79 Å². The summed E-state index contributed by atoms with van der Waals surface area (Å²) in [7, 11) is 0. The molecule has 0 fully saturated rings. The minimum atomic E-state index is -1.06. The lowest BCUT2D eigenvalue weighted by molar-refractivity contribution is -0.138. The number of carbonyl (C=O) groups excluding carboxylic acids is 1. The number of aromatic nitrogens is 1. The predicted octanol–water partition coefficient (Wildman–Crippen LogP) is 0.458. The molecule has 1 atom stereocenters. The molecule has 0 aromatic carbocycles. The van der Waals surface area contributed by atoms with Crippen molar-refractivity contribution in [3.05, 3.63) is 16.6 Å². The summed E-state index contributed by atoms with van der Waals surface area (Å²) in [5.74, 6) is -1.06. The molecular weight excluding hydrogens is 230 g/mol. The molecule has 6 nitrogen and oxygen atoms in total. The number of carbonyl (C=O) groups is 2. The zero-order valence-electron chi connectivity index (χ0n) is 8.77. The molecule has 0 bridgehead atoms. The number of hydrogen-bond donors (Lipinski definition) is 3. The smallest absolute Gasteiger partial charge is 0.325 e. The van der Waals surface area contributed by atoms with E-state index in [1.807, 2.05) is 5.38 Å². The van der Waals surface area contributed by atoms with E-state index in [2.05, 4.69) is 15.6 Å². The lowest BCUT2D eigenvalue weighted by atomic mass is 10.3. The normalized spacial score (nSPS) is 11.8. The Bertz CT molecular complexity index is 353. The van der Waals surface area contributed by atoms with Gasteiger partial charge in [0.2, 0.25) is 0 Å². The molecule has 0 unspecified atom stereocenters. The quantitative estimate of drug-likeness (QED) is 0.700. The molecule has 0 saturated carbocycles. The Morgan fingerprint density at radius 1 is 1.62 bits per heavy atom. The van der Waals surface area contributed by atoms with Crippen molar-refractivity contribution in [2.45, 2.75) is 19.4 Å². The molecule has 3 N–H and O–H groups in total. The van der Waals surface area contributed by atoms with Crippen LogP contribution in [0.2, 0.25) is 0 Å². The maximum atomic E-state index is 11.2. The van der Waals surface area contributed by atoms with Crippen molar-refractivity contribution in [2.24, 2.45) is 0 Å². The molecule has 0 radical (unpaired) electrons. The Morgan fingerprint density at radius 3 is 2.94 bits per heavy atom. The number of carboxylic acid groups (broad SMARTS) is 1. The van der Waals surface area contributed by atoms with Crippen LogP contribution in [0, 0.1) is 0 Å². The third-order valence-corrected chi connectivity index (χ3v) is 2.67. The summed E-state index contributed by atoms with van der Waals surface area (Å²) in [5.41, 5.74) is 0. The number of thiazole rings is 1. The first-order valence-electron chi connectivity index (χ1n) is 4.75. The van der Waals surface area contributed by atoms with Crippen LogP contribution < -0.4 is 10.6 Å². The summed E-state index contributed by atoms with van der Waals surface area (Å²) in [6.45, 7) is 1.84. The maximum absolute atomic E-state index is 11.2. The van der Waals surface area contributed by atoms with Gasteiger partial charge in [0.25, 0.3) is 0 Å². The summed E-state index contributed by atoms with van der Waals surface area (Å²) >= 11 is 1.52. The van der Waals surface area contributed by atoms with E-state index in [1.54, 1.807) is 6.20 Å². The fourth-order valence-corrected chi connectivity index (χ4v) is 1.59. The molecular formula is C9H13N3O3S. The summed E-state index contributed by atoms with van der Waals surface area (Å²) < 4.78 is 0. The van der Waals surface area contributed by atoms with Crippen molar-refractivity contribution >= 4 is 23.3 Å². The minimum absolute atomic E-state index is 0.436. The molecule has 7 heteroatoms. The number of hydrogen-bond acceptors (Lipinski definition) is 4. The first kappa shape index (κ1) is 12.4. The van der Waals surface area contributed by atoms with Crippen molar-refractivity contribution in [3.63, 3.8) is 0 Å². The van der Waals surface area contributed by atoms with Crippen molar-refractivity contribution in [3.8, 4) is 0 Å². The monoisotopic (exact) mass is 243 g/mol. The lowest BCUT2D eigenvalue weighted by Gasteiger charge is -2.09. The Hall–Kier alpha value is -1.63. The van der Waals surface area contributed by atoms with Crippen LogP contribution in [0.1, 0.15) is 11.9 Å². The van der Waals surface area contributed by atoms with E-state index >= 15 is 0 Å². The molecule has 1 aromatic rings. The van der Waals surface area contributed by atoms with Gasteiger partial charge in [0.15, 0.2) is 0 Å². The number of urea groups is 1. The molecule has 0 aliphatic carbocycles. The highest BCUT2D eigenvalue weighted by Crippen LogP contribution is 2.03. The average Bonchev–Trinajstić information content (AvgIpc) is 2.70. The van der Waals surface area contributed by atoms with Gasteiger partial charge >= 0.3 is 12.0 Å². The molecule has 0 saturated heterocycles. The van der Waals surface area contributed by atoms with Crippen LogP contribution in [0.25, 0.3) is 0 Å². The number of amides is 2. The van der Waals surface area contributed by atoms with Gasteiger partial charge < -0.3 is 15.7 Å². The number of carboxylic acids is 1. The van der Waals surface area contributed by atoms with E-state index in [-0.39, 0.29) is 0 Å². The largest absolute Gasteiger partial charge is 0.480 e. The van der Waals surface area contributed by atoms with Crippen molar-refractivity contribution in [1.29, 1.82) is 0 Å². The Labute approximate surface area is 96.7 Å². The average molecular weight is 243 g/mol. The first-order chi connectivity index (χ1) is 7.59. The van der Waals surface area contributed by atoms with Gasteiger partial charge in [-0.2, -0.15) is 0 Å². The second-order valence-corrected chi connectivity index (χ2v) is 4.12. The molecule has 1 rings (SSSR count). The van der Waals surface area contributed by atoms with E-state index in [1.165, 1.54) is 18.3 Å². The Morgan fingerprint density at radius 2 is 2.38 bits per heavy atom. The van der Waals surface area contributed by atoms with Crippen LogP contribution in [-0.2, 0) is 11.2 Å². The van der Waals surface area contributed by atoms with E-state index in [9.17, 15) is 9.59 Å². The lowest BCUT2D eigenvalue weighted by Crippen LogP contribution is -2.44.